The van der Waals surface area contributed by atoms with Crippen molar-refractivity contribution in [2.24, 2.45) is 5.92 Å². The number of aromatic amines is 1. The lowest BCUT2D eigenvalue weighted by atomic mass is 9.86. The van der Waals surface area contributed by atoms with Crippen LogP contribution in [0.2, 0.25) is 0 Å². The first-order valence-electron chi connectivity index (χ1n) is 10.7. The number of likely N-dealkylation sites (N-methyl/N-ethyl adjacent to an activating group) is 1. The van der Waals surface area contributed by atoms with Crippen LogP contribution in [-0.2, 0) is 11.2 Å². The minimum Gasteiger partial charge on any atom is -0.493 e. The lowest BCUT2D eigenvalue weighted by molar-refractivity contribution is -0.132. The molecule has 1 N–H and O–H groups in total. The second kappa shape index (κ2) is 9.38. The number of nitrogens with zero attached hydrogens (tertiary/aromatic N) is 4. The van der Waals surface area contributed by atoms with E-state index in [1.807, 2.05) is 29.2 Å². The van der Waals surface area contributed by atoms with Gasteiger partial charge in [0.05, 0.1) is 6.61 Å². The van der Waals surface area contributed by atoms with Crippen LogP contribution in [0, 0.1) is 5.92 Å². The molecule has 1 aliphatic heterocycles. The number of benzene rings is 1. The monoisotopic (exact) mass is 411 g/mol. The van der Waals surface area contributed by atoms with E-state index in [1.54, 1.807) is 0 Å². The van der Waals surface area contributed by atoms with E-state index in [-0.39, 0.29) is 17.9 Å². The Morgan fingerprint density at radius 3 is 2.70 bits per heavy atom. The van der Waals surface area contributed by atoms with E-state index in [0.29, 0.717) is 23.9 Å². The highest BCUT2D eigenvalue weighted by molar-refractivity contribution is 5.76. The van der Waals surface area contributed by atoms with Gasteiger partial charge >= 0.3 is 0 Å². The van der Waals surface area contributed by atoms with Gasteiger partial charge in [0.2, 0.25) is 5.91 Å². The highest BCUT2D eigenvalue weighted by Gasteiger charge is 2.20. The summed E-state index contributed by atoms with van der Waals surface area (Å²) in [5.74, 6) is 1.89. The maximum atomic E-state index is 12.5. The molecule has 8 nitrogen and oxygen atoms in total. The first-order chi connectivity index (χ1) is 14.6. The van der Waals surface area contributed by atoms with Crippen LogP contribution in [0.3, 0.4) is 0 Å². The molecular weight excluding hydrogens is 382 g/mol. The van der Waals surface area contributed by atoms with Gasteiger partial charge in [-0.15, -0.1) is 10.2 Å². The van der Waals surface area contributed by atoms with Crippen LogP contribution >= 0.6 is 0 Å². The maximum Gasteiger partial charge on any atom is 0.273 e. The van der Waals surface area contributed by atoms with Gasteiger partial charge in [-0.05, 0) is 37.9 Å². The van der Waals surface area contributed by atoms with E-state index in [9.17, 15) is 9.59 Å². The minimum absolute atomic E-state index is 0.0599. The Kier molecular flexibility index (Phi) is 6.42. The third kappa shape index (κ3) is 5.05. The number of H-pyrrole nitrogens is 1. The first-order valence-corrected chi connectivity index (χ1v) is 10.7. The van der Waals surface area contributed by atoms with Crippen LogP contribution in [0.4, 0.5) is 0 Å². The van der Waals surface area contributed by atoms with E-state index in [1.165, 1.54) is 19.3 Å². The van der Waals surface area contributed by atoms with Gasteiger partial charge in [0, 0.05) is 44.6 Å². The lowest BCUT2D eigenvalue weighted by Crippen LogP contribution is -2.47. The standard InChI is InChI=1S/C22H29N5O3/c1-26-10-12-27(13-11-26)20(28)9-8-19-22(29)23-21(25-24-19)17-6-3-7-18(14-17)30-15-16-4-2-5-16/h3,6-7,14,16H,2,4-5,8-13,15H2,1H3,(H,23,25,29). The third-order valence-corrected chi connectivity index (χ3v) is 6.01. The minimum atomic E-state index is -0.299. The normalized spacial score (nSPS) is 17.6. The van der Waals surface area contributed by atoms with Crippen LogP contribution in [0.25, 0.3) is 11.4 Å². The largest absolute Gasteiger partial charge is 0.493 e. The molecule has 0 radical (unpaired) electrons. The van der Waals surface area contributed by atoms with Gasteiger partial charge in [-0.2, -0.15) is 0 Å². The Morgan fingerprint density at radius 2 is 2.00 bits per heavy atom. The van der Waals surface area contributed by atoms with Crippen LogP contribution in [0.15, 0.2) is 29.1 Å². The summed E-state index contributed by atoms with van der Waals surface area (Å²) in [6.45, 7) is 3.95. The van der Waals surface area contributed by atoms with Crippen LogP contribution in [0.5, 0.6) is 5.75 Å². The molecule has 2 aliphatic rings. The first kappa shape index (κ1) is 20.5. The summed E-state index contributed by atoms with van der Waals surface area (Å²) in [6, 6.07) is 7.53. The molecule has 8 heteroatoms. The number of carbonyl (C=O) groups excluding carboxylic acids is 1. The Labute approximate surface area is 176 Å². The molecule has 1 amide bonds. The third-order valence-electron chi connectivity index (χ3n) is 6.01. The van der Waals surface area contributed by atoms with Gasteiger partial charge in [-0.25, -0.2) is 0 Å². The fourth-order valence-electron chi connectivity index (χ4n) is 3.70. The average molecular weight is 412 g/mol. The van der Waals surface area contributed by atoms with Crippen molar-refractivity contribution in [2.75, 3.05) is 39.8 Å². The summed E-state index contributed by atoms with van der Waals surface area (Å²) in [6.07, 6.45) is 4.32. The van der Waals surface area contributed by atoms with Crippen LogP contribution < -0.4 is 10.3 Å². The van der Waals surface area contributed by atoms with Gasteiger partial charge in [-0.1, -0.05) is 18.6 Å². The Morgan fingerprint density at radius 1 is 1.20 bits per heavy atom. The smallest absolute Gasteiger partial charge is 0.273 e. The average Bonchev–Trinajstić information content (AvgIpc) is 2.72. The Bertz CT molecular complexity index is 932. The molecule has 2 heterocycles. The zero-order valence-electron chi connectivity index (χ0n) is 17.5. The fraction of sp³-hybridized carbons (Fsp3) is 0.545. The maximum absolute atomic E-state index is 12.5. The summed E-state index contributed by atoms with van der Waals surface area (Å²) in [7, 11) is 2.05. The molecule has 1 aromatic carbocycles. The molecule has 0 bridgehead atoms. The number of nitrogens with one attached hydrogen (secondary N) is 1. The number of aryl methyl sites for hydroxylation is 1. The summed E-state index contributed by atoms with van der Waals surface area (Å²) in [5.41, 5.74) is 0.747. The van der Waals surface area contributed by atoms with Crippen molar-refractivity contribution in [3.8, 4) is 17.1 Å². The fourth-order valence-corrected chi connectivity index (χ4v) is 3.70. The summed E-state index contributed by atoms with van der Waals surface area (Å²) in [4.78, 5) is 31.7. The quantitative estimate of drug-likeness (QED) is 0.746. The number of rotatable bonds is 7. The number of hydrogen-bond acceptors (Lipinski definition) is 6. The molecule has 2 fully saturated rings. The van der Waals surface area contributed by atoms with Crippen molar-refractivity contribution in [3.63, 3.8) is 0 Å². The van der Waals surface area contributed by atoms with Gasteiger partial charge in [-0.3, -0.25) is 9.59 Å². The molecular formula is C22H29N5O3. The molecule has 1 saturated heterocycles. The predicted octanol–water partition coefficient (Wildman–Crippen LogP) is 1.72. The Hall–Kier alpha value is -2.74. The number of ether oxygens (including phenoxy) is 1. The summed E-state index contributed by atoms with van der Waals surface area (Å²) >= 11 is 0. The summed E-state index contributed by atoms with van der Waals surface area (Å²) < 4.78 is 5.87. The number of hydrogen-bond donors (Lipinski definition) is 1. The van der Waals surface area contributed by atoms with Crippen molar-refractivity contribution in [1.82, 2.24) is 25.0 Å². The molecule has 1 aromatic heterocycles. The van der Waals surface area contributed by atoms with E-state index in [4.69, 9.17) is 4.74 Å². The van der Waals surface area contributed by atoms with Crippen molar-refractivity contribution in [2.45, 2.75) is 32.1 Å². The second-order valence-corrected chi connectivity index (χ2v) is 8.27. The molecule has 160 valence electrons. The van der Waals surface area contributed by atoms with E-state index >= 15 is 0 Å². The van der Waals surface area contributed by atoms with Crippen molar-refractivity contribution < 1.29 is 9.53 Å². The van der Waals surface area contributed by atoms with Gasteiger partial charge < -0.3 is 19.5 Å². The highest BCUT2D eigenvalue weighted by atomic mass is 16.5. The van der Waals surface area contributed by atoms with Crippen molar-refractivity contribution >= 4 is 5.91 Å². The molecule has 0 atom stereocenters. The molecule has 1 aliphatic carbocycles. The van der Waals surface area contributed by atoms with Gasteiger partial charge in [0.15, 0.2) is 5.82 Å². The molecule has 0 unspecified atom stereocenters. The second-order valence-electron chi connectivity index (χ2n) is 8.27. The molecule has 30 heavy (non-hydrogen) atoms. The zero-order chi connectivity index (χ0) is 20.9. The SMILES string of the molecule is CN1CCN(C(=O)CCc2nnc(-c3cccc(OCC4CCC4)c3)[nH]c2=O)CC1. The van der Waals surface area contributed by atoms with Crippen molar-refractivity contribution in [1.29, 1.82) is 0 Å². The number of amides is 1. The molecule has 1 saturated carbocycles. The predicted molar refractivity (Wildman–Crippen MR) is 113 cm³/mol. The lowest BCUT2D eigenvalue weighted by Gasteiger charge is -2.32. The molecule has 2 aromatic rings. The molecule has 0 spiro atoms. The highest BCUT2D eigenvalue weighted by Crippen LogP contribution is 2.28. The van der Waals surface area contributed by atoms with Crippen LogP contribution in [0.1, 0.15) is 31.4 Å². The topological polar surface area (TPSA) is 91.4 Å². The molecule has 4 rings (SSSR count). The summed E-state index contributed by atoms with van der Waals surface area (Å²) in [5, 5.41) is 8.28. The number of aromatic nitrogens is 3. The van der Waals surface area contributed by atoms with E-state index < -0.39 is 0 Å². The van der Waals surface area contributed by atoms with Gasteiger partial charge in [0.25, 0.3) is 5.56 Å². The van der Waals surface area contributed by atoms with Crippen molar-refractivity contribution in [3.05, 3.63) is 40.3 Å². The number of piperazine rings is 1. The van der Waals surface area contributed by atoms with E-state index in [2.05, 4.69) is 27.1 Å². The Balaban J connectivity index is 1.36. The van der Waals surface area contributed by atoms with Gasteiger partial charge in [0.1, 0.15) is 11.4 Å². The van der Waals surface area contributed by atoms with E-state index in [0.717, 1.165) is 44.1 Å². The van der Waals surface area contributed by atoms with Crippen LogP contribution in [-0.4, -0.2) is 70.7 Å². The number of carbonyl (C=O) groups is 1. The zero-order valence-corrected chi connectivity index (χ0v) is 17.5.